The molecule has 1 aromatic rings. The molecule has 0 saturated heterocycles. The SMILES string of the molecule is CCCCCCCc1c(O)c(O)c(C(=O)OOCC)c(CCCCCCC)c1CCCCCCC. The van der Waals surface area contributed by atoms with Gasteiger partial charge in [0.25, 0.3) is 0 Å². The first-order valence-electron chi connectivity index (χ1n) is 14.4. The fourth-order valence-electron chi connectivity index (χ4n) is 4.82. The molecule has 35 heavy (non-hydrogen) atoms. The van der Waals surface area contributed by atoms with E-state index in [1.807, 2.05) is 0 Å². The summed E-state index contributed by atoms with van der Waals surface area (Å²) in [5.41, 5.74) is 2.81. The van der Waals surface area contributed by atoms with Crippen LogP contribution in [0.1, 0.15) is 151 Å². The smallest absolute Gasteiger partial charge is 0.377 e. The summed E-state index contributed by atoms with van der Waals surface area (Å²) in [6.07, 6.45) is 19.2. The van der Waals surface area contributed by atoms with Gasteiger partial charge in [0, 0.05) is 5.56 Å². The average Bonchev–Trinajstić information content (AvgIpc) is 2.85. The molecule has 0 fully saturated rings. The zero-order valence-electron chi connectivity index (χ0n) is 23.1. The molecular formula is C30H52O5. The second-order valence-corrected chi connectivity index (χ2v) is 9.78. The summed E-state index contributed by atoms with van der Waals surface area (Å²) in [5.74, 6) is -1.22. The van der Waals surface area contributed by atoms with Gasteiger partial charge in [-0.2, -0.15) is 4.89 Å². The molecule has 1 aromatic carbocycles. The van der Waals surface area contributed by atoms with E-state index in [0.717, 1.165) is 74.5 Å². The standard InChI is InChI=1S/C30H52O5/c1-5-9-12-15-18-21-24-25(22-19-16-13-10-6-2)27(30(33)35-34-8-4)29(32)28(31)26(24)23-20-17-14-11-7-3/h31-32H,5-23H2,1-4H3. The number of hydrogen-bond acceptors (Lipinski definition) is 5. The minimum atomic E-state index is -0.718. The summed E-state index contributed by atoms with van der Waals surface area (Å²) in [6.45, 7) is 8.58. The van der Waals surface area contributed by atoms with Gasteiger partial charge < -0.3 is 10.2 Å². The Bertz CT molecular complexity index is 713. The Hall–Kier alpha value is -1.75. The van der Waals surface area contributed by atoms with Crippen LogP contribution in [0.25, 0.3) is 0 Å². The van der Waals surface area contributed by atoms with Crippen LogP contribution in [0.2, 0.25) is 0 Å². The van der Waals surface area contributed by atoms with E-state index >= 15 is 0 Å². The Morgan fingerprint density at radius 3 is 1.46 bits per heavy atom. The van der Waals surface area contributed by atoms with Crippen LogP contribution in [-0.4, -0.2) is 22.8 Å². The van der Waals surface area contributed by atoms with E-state index in [1.165, 1.54) is 51.4 Å². The van der Waals surface area contributed by atoms with Gasteiger partial charge in [0.05, 0.1) is 6.61 Å². The third-order valence-corrected chi connectivity index (χ3v) is 6.82. The molecule has 0 aromatic heterocycles. The lowest BCUT2D eigenvalue weighted by molar-refractivity contribution is -0.237. The summed E-state index contributed by atoms with van der Waals surface area (Å²) >= 11 is 0. The first-order valence-corrected chi connectivity index (χ1v) is 14.4. The topological polar surface area (TPSA) is 76.0 Å². The molecule has 2 N–H and O–H groups in total. The molecule has 0 atom stereocenters. The third kappa shape index (κ3) is 11.2. The molecule has 0 spiro atoms. The van der Waals surface area contributed by atoms with Crippen LogP contribution in [0.4, 0.5) is 0 Å². The summed E-state index contributed by atoms with van der Waals surface area (Å²) in [4.78, 5) is 22.8. The molecular weight excluding hydrogens is 440 g/mol. The van der Waals surface area contributed by atoms with E-state index in [2.05, 4.69) is 20.8 Å². The molecule has 0 amide bonds. The monoisotopic (exact) mass is 492 g/mol. The van der Waals surface area contributed by atoms with Crippen LogP contribution >= 0.6 is 0 Å². The highest BCUT2D eigenvalue weighted by Crippen LogP contribution is 2.41. The van der Waals surface area contributed by atoms with Crippen molar-refractivity contribution in [2.45, 2.75) is 143 Å². The molecule has 0 heterocycles. The van der Waals surface area contributed by atoms with Gasteiger partial charge in [-0.15, -0.1) is 0 Å². The van der Waals surface area contributed by atoms with Crippen molar-refractivity contribution in [3.05, 3.63) is 22.3 Å². The normalized spacial score (nSPS) is 11.2. The predicted molar refractivity (Wildman–Crippen MR) is 144 cm³/mol. The zero-order valence-corrected chi connectivity index (χ0v) is 23.1. The van der Waals surface area contributed by atoms with Crippen LogP contribution in [-0.2, 0) is 29.0 Å². The molecule has 202 valence electrons. The van der Waals surface area contributed by atoms with E-state index in [0.29, 0.717) is 6.42 Å². The second kappa shape index (κ2) is 19.4. The van der Waals surface area contributed by atoms with Gasteiger partial charge >= 0.3 is 5.97 Å². The number of benzene rings is 1. The molecule has 0 aliphatic heterocycles. The molecule has 0 radical (unpaired) electrons. The quantitative estimate of drug-likeness (QED) is 0.0776. The lowest BCUT2D eigenvalue weighted by Gasteiger charge is -2.21. The Morgan fingerprint density at radius 2 is 1.00 bits per heavy atom. The molecule has 0 aliphatic rings. The van der Waals surface area contributed by atoms with Crippen LogP contribution in [0.3, 0.4) is 0 Å². The van der Waals surface area contributed by atoms with Gasteiger partial charge in [0.15, 0.2) is 11.5 Å². The Labute approximate surface area is 214 Å². The second-order valence-electron chi connectivity index (χ2n) is 9.78. The van der Waals surface area contributed by atoms with Crippen LogP contribution in [0.5, 0.6) is 11.5 Å². The number of aromatic hydroxyl groups is 2. The fraction of sp³-hybridized carbons (Fsp3) is 0.767. The maximum Gasteiger partial charge on any atom is 0.377 e. The summed E-state index contributed by atoms with van der Waals surface area (Å²) < 4.78 is 0. The van der Waals surface area contributed by atoms with Gasteiger partial charge in [0.1, 0.15) is 5.56 Å². The number of phenols is 2. The molecule has 0 aliphatic carbocycles. The van der Waals surface area contributed by atoms with Gasteiger partial charge in [0.2, 0.25) is 0 Å². The Morgan fingerprint density at radius 1 is 0.571 bits per heavy atom. The number of carbonyl (C=O) groups excluding carboxylic acids is 1. The summed E-state index contributed by atoms with van der Waals surface area (Å²) in [6, 6.07) is 0. The zero-order chi connectivity index (χ0) is 25.9. The highest BCUT2D eigenvalue weighted by Gasteiger charge is 2.28. The van der Waals surface area contributed by atoms with Gasteiger partial charge in [-0.05, 0) is 56.6 Å². The molecule has 0 bridgehead atoms. The van der Waals surface area contributed by atoms with Crippen LogP contribution in [0, 0.1) is 0 Å². The van der Waals surface area contributed by atoms with Crippen molar-refractivity contribution in [2.24, 2.45) is 0 Å². The predicted octanol–water partition coefficient (Wildman–Crippen LogP) is 8.74. The number of rotatable bonds is 21. The lowest BCUT2D eigenvalue weighted by Crippen LogP contribution is -2.14. The Balaban J connectivity index is 3.33. The van der Waals surface area contributed by atoms with Crippen molar-refractivity contribution in [1.82, 2.24) is 0 Å². The van der Waals surface area contributed by atoms with Crippen molar-refractivity contribution < 1.29 is 24.8 Å². The van der Waals surface area contributed by atoms with Crippen LogP contribution < -0.4 is 0 Å². The van der Waals surface area contributed by atoms with Gasteiger partial charge in [-0.1, -0.05) is 97.8 Å². The van der Waals surface area contributed by atoms with E-state index in [9.17, 15) is 15.0 Å². The third-order valence-electron chi connectivity index (χ3n) is 6.82. The molecule has 1 rings (SSSR count). The van der Waals surface area contributed by atoms with Crippen molar-refractivity contribution >= 4 is 5.97 Å². The maximum atomic E-state index is 12.9. The average molecular weight is 493 g/mol. The minimum Gasteiger partial charge on any atom is -0.504 e. The molecule has 0 unspecified atom stereocenters. The lowest BCUT2D eigenvalue weighted by atomic mass is 9.85. The first-order chi connectivity index (χ1) is 17.0. The molecule has 5 heteroatoms. The van der Waals surface area contributed by atoms with E-state index in [-0.39, 0.29) is 23.7 Å². The van der Waals surface area contributed by atoms with Crippen LogP contribution in [0.15, 0.2) is 0 Å². The van der Waals surface area contributed by atoms with Crippen molar-refractivity contribution in [2.75, 3.05) is 6.61 Å². The molecule has 0 saturated carbocycles. The van der Waals surface area contributed by atoms with Crippen molar-refractivity contribution in [1.29, 1.82) is 0 Å². The van der Waals surface area contributed by atoms with E-state index in [4.69, 9.17) is 9.78 Å². The number of phenolic OH excluding ortho intramolecular Hbond substituents is 2. The highest BCUT2D eigenvalue weighted by molar-refractivity contribution is 5.95. The van der Waals surface area contributed by atoms with Crippen molar-refractivity contribution in [3.8, 4) is 11.5 Å². The summed E-state index contributed by atoms with van der Waals surface area (Å²) in [5, 5.41) is 22.0. The highest BCUT2D eigenvalue weighted by atomic mass is 17.2. The minimum absolute atomic E-state index is 0.0877. The number of unbranched alkanes of at least 4 members (excludes halogenated alkanes) is 12. The van der Waals surface area contributed by atoms with E-state index < -0.39 is 5.97 Å². The molecule has 5 nitrogen and oxygen atoms in total. The van der Waals surface area contributed by atoms with Crippen molar-refractivity contribution in [3.63, 3.8) is 0 Å². The maximum absolute atomic E-state index is 12.9. The first kappa shape index (κ1) is 31.3. The van der Waals surface area contributed by atoms with Gasteiger partial charge in [-0.25, -0.2) is 4.79 Å². The van der Waals surface area contributed by atoms with E-state index in [1.54, 1.807) is 6.92 Å². The largest absolute Gasteiger partial charge is 0.504 e. The van der Waals surface area contributed by atoms with Gasteiger partial charge in [-0.3, -0.25) is 4.89 Å². The fourth-order valence-corrected chi connectivity index (χ4v) is 4.82. The number of carbonyl (C=O) groups is 1. The number of hydrogen-bond donors (Lipinski definition) is 2. The summed E-state index contributed by atoms with van der Waals surface area (Å²) in [7, 11) is 0. The Kier molecular flexibility index (Phi) is 17.4.